The molecular weight excluding hydrogens is 539 g/mol. The quantitative estimate of drug-likeness (QED) is 0.243. The molecule has 1 fully saturated rings. The molecule has 0 atom stereocenters. The molecule has 0 bridgehead atoms. The topological polar surface area (TPSA) is 107 Å². The van der Waals surface area contributed by atoms with Gasteiger partial charge in [-0.15, -0.1) is 0 Å². The van der Waals surface area contributed by atoms with Crippen LogP contribution in [0.15, 0.2) is 63.1 Å². The Morgan fingerprint density at radius 3 is 2.69 bits per heavy atom. The molecule has 1 saturated heterocycles. The van der Waals surface area contributed by atoms with E-state index in [-0.39, 0.29) is 30.4 Å². The zero-order valence-corrected chi connectivity index (χ0v) is 20.8. The number of esters is 1. The molecule has 3 amide bonds. The van der Waals surface area contributed by atoms with Crippen LogP contribution in [0.1, 0.15) is 27.4 Å². The number of nitrogens with one attached hydrogen (secondary N) is 1. The van der Waals surface area contributed by atoms with Gasteiger partial charge in [-0.3, -0.25) is 9.69 Å². The lowest BCUT2D eigenvalue weighted by Gasteiger charge is -2.15. The Kier molecular flexibility index (Phi) is 7.39. The highest BCUT2D eigenvalue weighted by Crippen LogP contribution is 2.37. The Bertz CT molecular complexity index is 1370. The summed E-state index contributed by atoms with van der Waals surface area (Å²) in [6, 6.07) is 11.6. The maximum Gasteiger partial charge on any atom is 0.373 e. The van der Waals surface area contributed by atoms with Crippen LogP contribution in [0.4, 0.5) is 9.18 Å². The van der Waals surface area contributed by atoms with Crippen LogP contribution in [-0.4, -0.2) is 37.0 Å². The molecule has 2 heterocycles. The number of carbonyl (C=O) groups is 3. The van der Waals surface area contributed by atoms with Gasteiger partial charge >= 0.3 is 12.0 Å². The normalized spacial score (nSPS) is 14.2. The van der Waals surface area contributed by atoms with Gasteiger partial charge < -0.3 is 23.9 Å². The number of carbonyl (C=O) groups excluding carboxylic acids is 3. The van der Waals surface area contributed by atoms with E-state index in [9.17, 15) is 18.8 Å². The Morgan fingerprint density at radius 1 is 1.17 bits per heavy atom. The van der Waals surface area contributed by atoms with E-state index in [0.717, 1.165) is 4.90 Å². The molecule has 1 N–H and O–H groups in total. The molecule has 0 saturated carbocycles. The van der Waals surface area contributed by atoms with Gasteiger partial charge in [-0.1, -0.05) is 28.1 Å². The maximum atomic E-state index is 13.6. The van der Waals surface area contributed by atoms with Gasteiger partial charge in [0.1, 0.15) is 23.9 Å². The number of urea groups is 1. The van der Waals surface area contributed by atoms with Gasteiger partial charge in [-0.25, -0.2) is 14.0 Å². The van der Waals surface area contributed by atoms with Crippen molar-refractivity contribution in [2.45, 2.75) is 13.2 Å². The predicted octanol–water partition coefficient (Wildman–Crippen LogP) is 4.65. The van der Waals surface area contributed by atoms with Crippen molar-refractivity contribution in [3.8, 4) is 11.5 Å². The Morgan fingerprint density at radius 2 is 1.97 bits per heavy atom. The lowest BCUT2D eigenvalue weighted by Crippen LogP contribution is -2.30. The van der Waals surface area contributed by atoms with E-state index in [2.05, 4.69) is 26.0 Å². The standard InChI is InChI=1S/C25H20BrFN2O7/c1-33-21-11-16(26)9-15(22(21)35-13-14-4-3-5-17(27)8-14)10-19-23(30)29(25(32)28-19)12-18-6-7-20(36-18)24(31)34-2/h3-11H,12-13H2,1-2H3,(H,28,32)/b19-10+. The van der Waals surface area contributed by atoms with Crippen LogP contribution in [0.5, 0.6) is 11.5 Å². The van der Waals surface area contributed by atoms with E-state index in [1.165, 1.54) is 44.6 Å². The third-order valence-electron chi connectivity index (χ3n) is 5.16. The van der Waals surface area contributed by atoms with Gasteiger partial charge in [0.15, 0.2) is 11.5 Å². The highest BCUT2D eigenvalue weighted by Gasteiger charge is 2.34. The van der Waals surface area contributed by atoms with Crippen molar-refractivity contribution >= 4 is 39.9 Å². The number of imide groups is 1. The Hall–Kier alpha value is -4.12. The van der Waals surface area contributed by atoms with E-state index >= 15 is 0 Å². The summed E-state index contributed by atoms with van der Waals surface area (Å²) < 4.78 is 35.5. The molecule has 36 heavy (non-hydrogen) atoms. The average molecular weight is 559 g/mol. The first-order valence-electron chi connectivity index (χ1n) is 10.6. The SMILES string of the molecule is COC(=O)c1ccc(CN2C(=O)N/C(=C/c3cc(Br)cc(OC)c3OCc3cccc(F)c3)C2=O)o1. The third-order valence-corrected chi connectivity index (χ3v) is 5.62. The summed E-state index contributed by atoms with van der Waals surface area (Å²) in [7, 11) is 2.68. The number of amides is 3. The average Bonchev–Trinajstić information content (AvgIpc) is 3.43. The van der Waals surface area contributed by atoms with Crippen LogP contribution in [0.2, 0.25) is 0 Å². The number of ether oxygens (including phenoxy) is 3. The number of hydrogen-bond donors (Lipinski definition) is 1. The highest BCUT2D eigenvalue weighted by molar-refractivity contribution is 9.10. The van der Waals surface area contributed by atoms with E-state index < -0.39 is 23.7 Å². The first-order chi connectivity index (χ1) is 17.3. The summed E-state index contributed by atoms with van der Waals surface area (Å²) in [4.78, 5) is 38.1. The zero-order valence-electron chi connectivity index (χ0n) is 19.2. The van der Waals surface area contributed by atoms with Crippen molar-refractivity contribution in [3.63, 3.8) is 0 Å². The Labute approximate surface area is 213 Å². The molecule has 1 aromatic heterocycles. The van der Waals surface area contributed by atoms with Crippen molar-refractivity contribution in [1.29, 1.82) is 0 Å². The molecule has 4 rings (SSSR count). The largest absolute Gasteiger partial charge is 0.493 e. The lowest BCUT2D eigenvalue weighted by atomic mass is 10.1. The summed E-state index contributed by atoms with van der Waals surface area (Å²) in [5, 5.41) is 2.53. The number of nitrogens with zero attached hydrogens (tertiary/aromatic N) is 1. The van der Waals surface area contributed by atoms with E-state index in [1.54, 1.807) is 24.3 Å². The van der Waals surface area contributed by atoms with Crippen LogP contribution in [0, 0.1) is 5.82 Å². The van der Waals surface area contributed by atoms with Crippen molar-refractivity contribution in [2.75, 3.05) is 14.2 Å². The second-order valence-corrected chi connectivity index (χ2v) is 8.50. The van der Waals surface area contributed by atoms with Gasteiger partial charge in [0, 0.05) is 10.0 Å². The Balaban J connectivity index is 1.59. The van der Waals surface area contributed by atoms with Gasteiger partial charge in [0.05, 0.1) is 20.8 Å². The van der Waals surface area contributed by atoms with Gasteiger partial charge in [-0.2, -0.15) is 0 Å². The number of furan rings is 1. The molecule has 0 aliphatic carbocycles. The van der Waals surface area contributed by atoms with E-state index in [1.807, 2.05) is 0 Å². The lowest BCUT2D eigenvalue weighted by molar-refractivity contribution is -0.123. The second kappa shape index (κ2) is 10.6. The van der Waals surface area contributed by atoms with Gasteiger partial charge in [0.2, 0.25) is 5.76 Å². The van der Waals surface area contributed by atoms with Crippen LogP contribution in [0.3, 0.4) is 0 Å². The number of methoxy groups -OCH3 is 2. The van der Waals surface area contributed by atoms with Crippen LogP contribution in [-0.2, 0) is 22.7 Å². The smallest absolute Gasteiger partial charge is 0.373 e. The minimum absolute atomic E-state index is 0.00416. The fraction of sp³-hybridized carbons (Fsp3) is 0.160. The molecule has 11 heteroatoms. The number of benzene rings is 2. The third kappa shape index (κ3) is 5.41. The first kappa shape index (κ1) is 25.0. The summed E-state index contributed by atoms with van der Waals surface area (Å²) in [6.07, 6.45) is 1.45. The summed E-state index contributed by atoms with van der Waals surface area (Å²) >= 11 is 3.40. The highest BCUT2D eigenvalue weighted by atomic mass is 79.9. The van der Waals surface area contributed by atoms with Crippen molar-refractivity contribution in [1.82, 2.24) is 10.2 Å². The minimum atomic E-state index is -0.673. The van der Waals surface area contributed by atoms with E-state index in [0.29, 0.717) is 27.1 Å². The van der Waals surface area contributed by atoms with Crippen molar-refractivity contribution < 1.29 is 37.4 Å². The molecule has 9 nitrogen and oxygen atoms in total. The van der Waals surface area contributed by atoms with E-state index in [4.69, 9.17) is 13.9 Å². The molecule has 0 unspecified atom stereocenters. The second-order valence-electron chi connectivity index (χ2n) is 7.58. The van der Waals surface area contributed by atoms with Crippen LogP contribution < -0.4 is 14.8 Å². The maximum absolute atomic E-state index is 13.6. The monoisotopic (exact) mass is 558 g/mol. The molecule has 1 aliphatic heterocycles. The fourth-order valence-electron chi connectivity index (χ4n) is 3.48. The van der Waals surface area contributed by atoms with Gasteiger partial charge in [-0.05, 0) is 48.0 Å². The van der Waals surface area contributed by atoms with Gasteiger partial charge in [0.25, 0.3) is 5.91 Å². The molecule has 2 aromatic carbocycles. The molecule has 0 radical (unpaired) electrons. The first-order valence-corrected chi connectivity index (χ1v) is 11.3. The summed E-state index contributed by atoms with van der Waals surface area (Å²) in [5.41, 5.74) is 1.03. The van der Waals surface area contributed by atoms with Crippen molar-refractivity contribution in [2.24, 2.45) is 0 Å². The zero-order chi connectivity index (χ0) is 25.8. The number of halogens is 2. The van der Waals surface area contributed by atoms with Crippen molar-refractivity contribution in [3.05, 3.63) is 87.2 Å². The summed E-state index contributed by atoms with van der Waals surface area (Å²) in [6.45, 7) is -0.150. The minimum Gasteiger partial charge on any atom is -0.493 e. The summed E-state index contributed by atoms with van der Waals surface area (Å²) in [5.74, 6) is -0.825. The predicted molar refractivity (Wildman–Crippen MR) is 129 cm³/mol. The fourth-order valence-corrected chi connectivity index (χ4v) is 3.94. The van der Waals surface area contributed by atoms with Crippen LogP contribution >= 0.6 is 15.9 Å². The molecule has 186 valence electrons. The molecular formula is C25H20BrFN2O7. The number of rotatable bonds is 8. The molecule has 1 aliphatic rings. The molecule has 0 spiro atoms. The number of hydrogen-bond acceptors (Lipinski definition) is 7. The molecule has 3 aromatic rings. The van der Waals surface area contributed by atoms with Crippen LogP contribution in [0.25, 0.3) is 6.08 Å².